The fourth-order valence-electron chi connectivity index (χ4n) is 3.10. The Morgan fingerprint density at radius 2 is 1.30 bits per heavy atom. The fourth-order valence-corrected chi connectivity index (χ4v) is 3.29. The molecule has 0 spiro atoms. The summed E-state index contributed by atoms with van der Waals surface area (Å²) < 4.78 is 0. The first-order valence-electron chi connectivity index (χ1n) is 8.17. The molecule has 124 valence electrons. The van der Waals surface area contributed by atoms with Gasteiger partial charge in [-0.2, -0.15) is 0 Å². The van der Waals surface area contributed by atoms with Gasteiger partial charge in [0, 0.05) is 25.0 Å². The van der Waals surface area contributed by atoms with Crippen molar-refractivity contribution in [1.82, 2.24) is 4.90 Å². The molecule has 0 heterocycles. The summed E-state index contributed by atoms with van der Waals surface area (Å²) in [6.07, 6.45) is -0.538. The molecule has 0 radical (unpaired) electrons. The van der Waals surface area contributed by atoms with E-state index in [1.165, 1.54) is 11.1 Å². The summed E-state index contributed by atoms with van der Waals surface area (Å²) in [7, 11) is 0. The lowest BCUT2D eigenvalue weighted by molar-refractivity contribution is 0.0264. The van der Waals surface area contributed by atoms with Crippen LogP contribution < -0.4 is 0 Å². The predicted octanol–water partition coefficient (Wildman–Crippen LogP) is 4.31. The zero-order chi connectivity index (χ0) is 16.7. The van der Waals surface area contributed by atoms with Gasteiger partial charge in [0.25, 0.3) is 0 Å². The Bertz CT molecular complexity index is 517. The third kappa shape index (κ3) is 5.35. The van der Waals surface area contributed by atoms with Gasteiger partial charge in [-0.05, 0) is 17.0 Å². The van der Waals surface area contributed by atoms with E-state index in [1.54, 1.807) is 0 Å². The van der Waals surface area contributed by atoms with Gasteiger partial charge in [0.05, 0.1) is 6.10 Å². The van der Waals surface area contributed by atoms with E-state index in [1.807, 2.05) is 12.1 Å². The highest BCUT2D eigenvalue weighted by Gasteiger charge is 2.28. The molecule has 0 aliphatic rings. The van der Waals surface area contributed by atoms with E-state index in [9.17, 15) is 5.11 Å². The first-order valence-corrected chi connectivity index (χ1v) is 8.71. The van der Waals surface area contributed by atoms with Gasteiger partial charge in [0.15, 0.2) is 0 Å². The van der Waals surface area contributed by atoms with Gasteiger partial charge < -0.3 is 5.11 Å². The molecule has 0 aliphatic heterocycles. The summed E-state index contributed by atoms with van der Waals surface area (Å²) in [6, 6.07) is 20.8. The topological polar surface area (TPSA) is 23.5 Å². The largest absolute Gasteiger partial charge is 0.390 e. The lowest BCUT2D eigenvalue weighted by atomic mass is 9.96. The molecule has 23 heavy (non-hydrogen) atoms. The maximum Gasteiger partial charge on any atom is 0.0833 e. The number of hydrogen-bond donors (Lipinski definition) is 1. The zero-order valence-corrected chi connectivity index (χ0v) is 14.7. The zero-order valence-electron chi connectivity index (χ0n) is 13.9. The number of benzene rings is 2. The van der Waals surface area contributed by atoms with E-state index in [4.69, 9.17) is 11.6 Å². The Balaban J connectivity index is 2.25. The van der Waals surface area contributed by atoms with Crippen molar-refractivity contribution in [1.29, 1.82) is 0 Å². The second kappa shape index (κ2) is 9.07. The molecule has 0 amide bonds. The lowest BCUT2D eigenvalue weighted by Crippen LogP contribution is -2.47. The van der Waals surface area contributed by atoms with Crippen molar-refractivity contribution in [2.75, 3.05) is 5.88 Å². The quantitative estimate of drug-likeness (QED) is 0.728. The van der Waals surface area contributed by atoms with Crippen LogP contribution in [0, 0.1) is 5.92 Å². The Kier molecular flexibility index (Phi) is 7.10. The third-order valence-corrected chi connectivity index (χ3v) is 4.43. The molecule has 0 bridgehead atoms. The van der Waals surface area contributed by atoms with Crippen LogP contribution in [0.2, 0.25) is 0 Å². The van der Waals surface area contributed by atoms with Crippen LogP contribution >= 0.6 is 11.6 Å². The van der Waals surface area contributed by atoms with Gasteiger partial charge in [-0.25, -0.2) is 0 Å². The van der Waals surface area contributed by atoms with Crippen LogP contribution in [0.3, 0.4) is 0 Å². The summed E-state index contributed by atoms with van der Waals surface area (Å²) >= 11 is 5.96. The van der Waals surface area contributed by atoms with Gasteiger partial charge in [-0.3, -0.25) is 4.90 Å². The van der Waals surface area contributed by atoms with Crippen LogP contribution in [-0.2, 0) is 13.1 Å². The molecule has 1 N–H and O–H groups in total. The molecule has 2 rings (SSSR count). The fraction of sp³-hybridized carbons (Fsp3) is 0.400. The van der Waals surface area contributed by atoms with Crippen LogP contribution in [0.4, 0.5) is 0 Å². The number of aliphatic hydroxyl groups excluding tert-OH is 1. The maximum absolute atomic E-state index is 10.4. The molecule has 0 saturated carbocycles. The monoisotopic (exact) mass is 331 g/mol. The van der Waals surface area contributed by atoms with Gasteiger partial charge in [-0.15, -0.1) is 11.6 Å². The van der Waals surface area contributed by atoms with Crippen LogP contribution in [0.15, 0.2) is 60.7 Å². The average molecular weight is 332 g/mol. The van der Waals surface area contributed by atoms with Crippen LogP contribution in [0.1, 0.15) is 25.0 Å². The summed E-state index contributed by atoms with van der Waals surface area (Å²) in [4.78, 5) is 2.34. The van der Waals surface area contributed by atoms with E-state index in [0.717, 1.165) is 13.1 Å². The standard InChI is InChI=1S/C20H26ClNO/c1-16(2)20(19(23)13-21)22(14-17-9-5-3-6-10-17)15-18-11-7-4-8-12-18/h3-12,16,19-20,23H,13-15H2,1-2H3/t19-,20+/m1/s1. The molecule has 0 fully saturated rings. The van der Waals surface area contributed by atoms with E-state index in [0.29, 0.717) is 5.92 Å². The van der Waals surface area contributed by atoms with Crippen molar-refractivity contribution >= 4 is 11.6 Å². The smallest absolute Gasteiger partial charge is 0.0833 e. The molecular formula is C20H26ClNO. The summed E-state index contributed by atoms with van der Waals surface area (Å²) in [5.74, 6) is 0.569. The number of nitrogens with zero attached hydrogens (tertiary/aromatic N) is 1. The minimum absolute atomic E-state index is 0.0212. The predicted molar refractivity (Wildman–Crippen MR) is 97.5 cm³/mol. The second-order valence-corrected chi connectivity index (χ2v) is 6.64. The Morgan fingerprint density at radius 1 is 0.870 bits per heavy atom. The number of alkyl halides is 1. The molecule has 2 aromatic rings. The highest BCUT2D eigenvalue weighted by molar-refractivity contribution is 6.18. The SMILES string of the molecule is CC(C)[C@@H]([C@H](O)CCl)N(Cc1ccccc1)Cc1ccccc1. The van der Waals surface area contributed by atoms with Crippen molar-refractivity contribution in [2.24, 2.45) is 5.92 Å². The maximum atomic E-state index is 10.4. The summed E-state index contributed by atoms with van der Waals surface area (Å²) in [5, 5.41) is 10.4. The van der Waals surface area contributed by atoms with Crippen molar-refractivity contribution in [3.05, 3.63) is 71.8 Å². The average Bonchev–Trinajstić information content (AvgIpc) is 2.56. The second-order valence-electron chi connectivity index (χ2n) is 6.33. The van der Waals surface area contributed by atoms with E-state index < -0.39 is 6.10 Å². The highest BCUT2D eigenvalue weighted by Crippen LogP contribution is 2.21. The molecule has 2 atom stereocenters. The molecule has 2 nitrogen and oxygen atoms in total. The molecule has 0 saturated heterocycles. The summed E-state index contributed by atoms with van der Waals surface area (Å²) in [6.45, 7) is 5.88. The normalized spacial score (nSPS) is 14.2. The van der Waals surface area contributed by atoms with Crippen LogP contribution in [0.25, 0.3) is 0 Å². The number of rotatable bonds is 8. The Hall–Kier alpha value is -1.35. The van der Waals surface area contributed by atoms with Crippen molar-refractivity contribution in [2.45, 2.75) is 39.1 Å². The summed E-state index contributed by atoms with van der Waals surface area (Å²) in [5.41, 5.74) is 2.49. The lowest BCUT2D eigenvalue weighted by Gasteiger charge is -2.37. The van der Waals surface area contributed by atoms with Gasteiger partial charge >= 0.3 is 0 Å². The van der Waals surface area contributed by atoms with Crippen LogP contribution in [0.5, 0.6) is 0 Å². The van der Waals surface area contributed by atoms with Crippen molar-refractivity contribution < 1.29 is 5.11 Å². The van der Waals surface area contributed by atoms with Gasteiger partial charge in [0.2, 0.25) is 0 Å². The van der Waals surface area contributed by atoms with Crippen molar-refractivity contribution in [3.63, 3.8) is 0 Å². The molecule has 0 aliphatic carbocycles. The molecule has 0 unspecified atom stereocenters. The first kappa shape index (κ1) is 18.0. The number of halogens is 1. The highest BCUT2D eigenvalue weighted by atomic mass is 35.5. The van der Waals surface area contributed by atoms with Gasteiger partial charge in [-0.1, -0.05) is 74.5 Å². The van der Waals surface area contributed by atoms with Crippen molar-refractivity contribution in [3.8, 4) is 0 Å². The van der Waals surface area contributed by atoms with E-state index in [2.05, 4.69) is 67.3 Å². The number of hydrogen-bond acceptors (Lipinski definition) is 2. The third-order valence-electron chi connectivity index (χ3n) is 4.11. The van der Waals surface area contributed by atoms with Crippen LogP contribution in [-0.4, -0.2) is 28.0 Å². The molecular weight excluding hydrogens is 306 g/mol. The Morgan fingerprint density at radius 3 is 1.65 bits per heavy atom. The minimum atomic E-state index is -0.538. The number of aliphatic hydroxyl groups is 1. The van der Waals surface area contributed by atoms with E-state index in [-0.39, 0.29) is 11.9 Å². The molecule has 2 aromatic carbocycles. The molecule has 0 aromatic heterocycles. The molecule has 3 heteroatoms. The van der Waals surface area contributed by atoms with Gasteiger partial charge in [0.1, 0.15) is 0 Å². The van der Waals surface area contributed by atoms with E-state index >= 15 is 0 Å². The first-order chi connectivity index (χ1) is 11.1. The Labute approximate surface area is 144 Å². The minimum Gasteiger partial charge on any atom is -0.390 e.